The van der Waals surface area contributed by atoms with Crippen molar-refractivity contribution in [2.75, 3.05) is 65.4 Å². The Morgan fingerprint density at radius 1 is 0.568 bits per heavy atom. The Bertz CT molecular complexity index is 2030. The molecule has 1 saturated heterocycles. The minimum absolute atomic E-state index is 0.00442. The number of aliphatic carboxylic acids is 6. The van der Waals surface area contributed by atoms with Gasteiger partial charge in [-0.25, -0.2) is 19.2 Å². The second-order valence-electron chi connectivity index (χ2n) is 17.9. The van der Waals surface area contributed by atoms with Gasteiger partial charge in [-0.15, -0.1) is 0 Å². The zero-order chi connectivity index (χ0) is 55.0. The van der Waals surface area contributed by atoms with Crippen LogP contribution in [0.3, 0.4) is 0 Å². The van der Waals surface area contributed by atoms with Crippen LogP contribution in [0.15, 0.2) is 24.3 Å². The molecule has 0 radical (unpaired) electrons. The Kier molecular flexibility index (Phi) is 30.4. The quantitative estimate of drug-likeness (QED) is 0.0190. The van der Waals surface area contributed by atoms with E-state index in [4.69, 9.17) is 22.1 Å². The van der Waals surface area contributed by atoms with Gasteiger partial charge in [0, 0.05) is 77.7 Å². The summed E-state index contributed by atoms with van der Waals surface area (Å²) < 4.78 is 5.58. The predicted molar refractivity (Wildman–Crippen MR) is 268 cm³/mol. The number of hydrogen-bond donors (Lipinski definition) is 12. The summed E-state index contributed by atoms with van der Waals surface area (Å²) in [5.74, 6) is -8.01. The van der Waals surface area contributed by atoms with Gasteiger partial charge in [0.05, 0.1) is 19.6 Å². The first-order chi connectivity index (χ1) is 35.1. The second kappa shape index (κ2) is 35.4. The summed E-state index contributed by atoms with van der Waals surface area (Å²) in [4.78, 5) is 123. The third kappa shape index (κ3) is 29.1. The summed E-state index contributed by atoms with van der Waals surface area (Å²) in [6.45, 7) is 4.35. The lowest BCUT2D eigenvalue weighted by Crippen LogP contribution is -2.51. The number of esters is 1. The largest absolute Gasteiger partial charge is 0.481 e. The van der Waals surface area contributed by atoms with Gasteiger partial charge in [0.1, 0.15) is 23.9 Å². The molecule has 12 N–H and O–H groups in total. The van der Waals surface area contributed by atoms with Crippen molar-refractivity contribution in [1.29, 1.82) is 0 Å². The number of amides is 4. The average Bonchev–Trinajstić information content (AvgIpc) is 3.38. The van der Waals surface area contributed by atoms with E-state index in [0.29, 0.717) is 108 Å². The molecule has 1 heterocycles. The number of thiocarbonyl (C=S) groups is 1. The van der Waals surface area contributed by atoms with Crippen LogP contribution in [0.2, 0.25) is 0 Å². The SMILES string of the molecule is C[C@H]1CN(CC(=O)O)CCN(CC(=O)O)CCN1CC(=O)Oc1ccc(CNC(=S)NCCCCC(NC(=O)CCCCCCC(=O)NCCCC[C@H](NC(=O)N[C@H](CCC(=O)O)C(=O)O)C(=O)O)C(=O)O)cc1. The number of urea groups is 1. The molecule has 1 unspecified atom stereocenters. The molecular weight excluding hydrogens is 995 g/mol. The maximum absolute atomic E-state index is 13.0. The smallest absolute Gasteiger partial charge is 0.326 e. The fraction of sp³-hybridized carbons (Fsp3) is 0.638. The van der Waals surface area contributed by atoms with Crippen molar-refractivity contribution >= 4 is 77.0 Å². The lowest BCUT2D eigenvalue weighted by Gasteiger charge is -2.30. The number of carbonyl (C=O) groups is 10. The summed E-state index contributed by atoms with van der Waals surface area (Å²) in [6, 6.07) is 1.64. The van der Waals surface area contributed by atoms with Gasteiger partial charge in [-0.1, -0.05) is 25.0 Å². The van der Waals surface area contributed by atoms with Gasteiger partial charge in [-0.3, -0.25) is 43.5 Å². The van der Waals surface area contributed by atoms with Crippen molar-refractivity contribution in [3.63, 3.8) is 0 Å². The van der Waals surface area contributed by atoms with Crippen LogP contribution in [0.4, 0.5) is 4.79 Å². The maximum Gasteiger partial charge on any atom is 0.326 e. The number of unbranched alkanes of at least 4 members (excludes halogenated alkanes) is 5. The highest BCUT2D eigenvalue weighted by Crippen LogP contribution is 2.15. The second-order valence-corrected chi connectivity index (χ2v) is 18.3. The fourth-order valence-corrected chi connectivity index (χ4v) is 7.86. The first-order valence-electron chi connectivity index (χ1n) is 24.6. The van der Waals surface area contributed by atoms with Gasteiger partial charge in [0.15, 0.2) is 5.11 Å². The molecule has 4 amide bonds. The van der Waals surface area contributed by atoms with Crippen LogP contribution < -0.4 is 36.6 Å². The number of rotatable bonds is 35. The molecule has 0 bridgehead atoms. The average molecular weight is 1070 g/mol. The highest BCUT2D eigenvalue weighted by molar-refractivity contribution is 7.80. The van der Waals surface area contributed by atoms with Gasteiger partial charge in [0.25, 0.3) is 0 Å². The molecule has 0 aromatic heterocycles. The standard InChI is InChI=1S/C47H73N9O17S/c1-31-27-55(29-41(63)64)23-22-54(28-40(61)62)24-25-56(31)30-42(65)73-33-16-14-32(15-17-33)26-50-47(74)49-21-9-7-10-34(43(66)67)51-38(58)13-5-3-2-4-12-37(57)48-20-8-6-11-35(44(68)69)52-46(72)53-36(45(70)71)18-19-39(59)60/h14-17,31,34-36H,2-13,18-30H2,1H3,(H,48,57)(H,51,58)(H,59,60)(H,61,62)(H,63,64)(H,66,67)(H,68,69)(H,70,71)(H2,49,50,74)(H2,52,53,72)/t31-,34?,35-,36+/m0/s1. The van der Waals surface area contributed by atoms with E-state index in [9.17, 15) is 73.5 Å². The van der Waals surface area contributed by atoms with Crippen molar-refractivity contribution in [3.05, 3.63) is 29.8 Å². The summed E-state index contributed by atoms with van der Waals surface area (Å²) in [7, 11) is 0. The Hall–Kier alpha value is -6.71. The number of benzene rings is 1. The first kappa shape index (κ1) is 63.4. The van der Waals surface area contributed by atoms with Gasteiger partial charge in [-0.05, 0) is 94.6 Å². The molecular formula is C47H73N9O17S. The minimum Gasteiger partial charge on any atom is -0.481 e. The maximum atomic E-state index is 13.0. The summed E-state index contributed by atoms with van der Waals surface area (Å²) in [5.41, 5.74) is 0.845. The highest BCUT2D eigenvalue weighted by atomic mass is 32.1. The van der Waals surface area contributed by atoms with E-state index in [1.165, 1.54) is 0 Å². The van der Waals surface area contributed by atoms with Crippen LogP contribution in [-0.2, 0) is 49.7 Å². The molecule has 26 nitrogen and oxygen atoms in total. The molecule has 0 aliphatic carbocycles. The van der Waals surface area contributed by atoms with E-state index in [-0.39, 0.29) is 76.1 Å². The number of carboxylic acid groups (broad SMARTS) is 6. The summed E-state index contributed by atoms with van der Waals surface area (Å²) >= 11 is 5.38. The number of nitrogens with zero attached hydrogens (tertiary/aromatic N) is 3. The summed E-state index contributed by atoms with van der Waals surface area (Å²) in [6.07, 6.45) is 3.79. The molecule has 0 saturated carbocycles. The molecule has 27 heteroatoms. The monoisotopic (exact) mass is 1070 g/mol. The van der Waals surface area contributed by atoms with Crippen LogP contribution in [0.5, 0.6) is 5.75 Å². The number of carbonyl (C=O) groups excluding carboxylic acids is 4. The van der Waals surface area contributed by atoms with Crippen molar-refractivity contribution in [2.45, 2.75) is 128 Å². The van der Waals surface area contributed by atoms with E-state index in [1.54, 1.807) is 34.1 Å². The van der Waals surface area contributed by atoms with E-state index < -0.39 is 72.4 Å². The molecule has 4 atom stereocenters. The lowest BCUT2D eigenvalue weighted by atomic mass is 10.1. The predicted octanol–water partition coefficient (Wildman–Crippen LogP) is 0.471. The number of hydrogen-bond acceptors (Lipinski definition) is 15. The number of nitrogens with one attached hydrogen (secondary N) is 6. The summed E-state index contributed by atoms with van der Waals surface area (Å²) in [5, 5.41) is 71.7. The molecule has 2 rings (SSSR count). The molecule has 1 aromatic carbocycles. The molecule has 1 aliphatic rings. The van der Waals surface area contributed by atoms with Crippen LogP contribution >= 0.6 is 12.2 Å². The van der Waals surface area contributed by atoms with Crippen LogP contribution in [-0.4, -0.2) is 200 Å². The Labute approximate surface area is 434 Å². The van der Waals surface area contributed by atoms with Crippen molar-refractivity contribution in [1.82, 2.24) is 46.6 Å². The van der Waals surface area contributed by atoms with E-state index >= 15 is 0 Å². The third-order valence-corrected chi connectivity index (χ3v) is 12.0. The van der Waals surface area contributed by atoms with E-state index in [0.717, 1.165) is 5.56 Å². The van der Waals surface area contributed by atoms with Gasteiger partial charge in [0.2, 0.25) is 11.8 Å². The Morgan fingerprint density at radius 2 is 1.08 bits per heavy atom. The van der Waals surface area contributed by atoms with E-state index in [1.807, 2.05) is 11.8 Å². The third-order valence-electron chi connectivity index (χ3n) is 11.7. The number of ether oxygens (including phenoxy) is 1. The van der Waals surface area contributed by atoms with Crippen LogP contribution in [0.25, 0.3) is 0 Å². The van der Waals surface area contributed by atoms with Gasteiger partial charge in [-0.2, -0.15) is 0 Å². The molecule has 414 valence electrons. The molecule has 1 fully saturated rings. The molecule has 74 heavy (non-hydrogen) atoms. The van der Waals surface area contributed by atoms with Crippen molar-refractivity contribution in [2.24, 2.45) is 0 Å². The van der Waals surface area contributed by atoms with E-state index in [2.05, 4.69) is 31.9 Å². The lowest BCUT2D eigenvalue weighted by molar-refractivity contribution is -0.142. The van der Waals surface area contributed by atoms with Gasteiger partial charge >= 0.3 is 47.8 Å². The zero-order valence-corrected chi connectivity index (χ0v) is 42.5. The Morgan fingerprint density at radius 3 is 1.65 bits per heavy atom. The zero-order valence-electron chi connectivity index (χ0n) is 41.7. The van der Waals surface area contributed by atoms with Crippen molar-refractivity contribution < 1.29 is 83.3 Å². The topological polar surface area (TPSA) is 383 Å². The normalized spacial score (nSPS) is 15.6. The van der Waals surface area contributed by atoms with Crippen LogP contribution in [0.1, 0.15) is 102 Å². The number of carboxylic acids is 6. The van der Waals surface area contributed by atoms with Gasteiger partial charge < -0.3 is 67.3 Å². The molecule has 1 aromatic rings. The Balaban J connectivity index is 1.59. The van der Waals surface area contributed by atoms with Crippen LogP contribution in [0, 0.1) is 0 Å². The molecule has 1 aliphatic heterocycles. The highest BCUT2D eigenvalue weighted by Gasteiger charge is 2.27. The first-order valence-corrected chi connectivity index (χ1v) is 25.0. The minimum atomic E-state index is -1.52. The van der Waals surface area contributed by atoms with Crippen molar-refractivity contribution in [3.8, 4) is 5.75 Å². The molecule has 0 spiro atoms. The fourth-order valence-electron chi connectivity index (χ4n) is 7.69.